The number of esters is 1. The zero-order chi connectivity index (χ0) is 21.8. The van der Waals surface area contributed by atoms with Crippen molar-refractivity contribution in [1.29, 1.82) is 0 Å². The number of ketones is 1. The molecule has 1 aromatic heterocycles. The Labute approximate surface area is 175 Å². The number of thiophene rings is 1. The first-order valence-corrected chi connectivity index (χ1v) is 10.3. The van der Waals surface area contributed by atoms with Crippen molar-refractivity contribution in [1.82, 2.24) is 0 Å². The van der Waals surface area contributed by atoms with Crippen molar-refractivity contribution < 1.29 is 19.1 Å². The zero-order valence-electron chi connectivity index (χ0n) is 17.7. The van der Waals surface area contributed by atoms with E-state index in [4.69, 9.17) is 4.74 Å². The predicted molar refractivity (Wildman–Crippen MR) is 118 cm³/mol. The normalized spacial score (nSPS) is 11.5. The first-order valence-electron chi connectivity index (χ1n) is 9.45. The van der Waals surface area contributed by atoms with E-state index >= 15 is 0 Å². The Morgan fingerprint density at radius 3 is 2.28 bits per heavy atom. The van der Waals surface area contributed by atoms with Gasteiger partial charge in [0, 0.05) is 6.08 Å². The largest absolute Gasteiger partial charge is 0.462 e. The molecule has 0 unspecified atom stereocenters. The number of benzene rings is 1. The Bertz CT molecular complexity index is 946. The second kappa shape index (κ2) is 9.18. The highest BCUT2D eigenvalue weighted by molar-refractivity contribution is 7.18. The summed E-state index contributed by atoms with van der Waals surface area (Å²) >= 11 is 1.09. The molecule has 5 nitrogen and oxygen atoms in total. The molecule has 0 spiro atoms. The maximum Gasteiger partial charge on any atom is 0.341 e. The smallest absolute Gasteiger partial charge is 0.341 e. The van der Waals surface area contributed by atoms with E-state index in [0.717, 1.165) is 16.9 Å². The summed E-state index contributed by atoms with van der Waals surface area (Å²) in [6.07, 6.45) is 3.11. The van der Waals surface area contributed by atoms with E-state index in [1.165, 1.54) is 18.6 Å². The van der Waals surface area contributed by atoms with Crippen molar-refractivity contribution >= 4 is 40.1 Å². The van der Waals surface area contributed by atoms with Crippen molar-refractivity contribution in [3.05, 3.63) is 57.5 Å². The molecule has 2 rings (SSSR count). The van der Waals surface area contributed by atoms with E-state index in [9.17, 15) is 14.4 Å². The maximum absolute atomic E-state index is 12.4. The van der Waals surface area contributed by atoms with Gasteiger partial charge in [-0.25, -0.2) is 4.79 Å². The number of amides is 1. The summed E-state index contributed by atoms with van der Waals surface area (Å²) in [5.74, 6) is -1.09. The topological polar surface area (TPSA) is 72.5 Å². The lowest BCUT2D eigenvalue weighted by molar-refractivity contribution is -0.111. The summed E-state index contributed by atoms with van der Waals surface area (Å²) in [4.78, 5) is 37.0. The molecular weight excluding hydrogens is 386 g/mol. The molecule has 0 fully saturated rings. The molecule has 2 aromatic rings. The van der Waals surface area contributed by atoms with E-state index in [-0.39, 0.29) is 29.3 Å². The summed E-state index contributed by atoms with van der Waals surface area (Å²) in [5, 5.41) is 3.03. The Hall–Kier alpha value is -2.73. The van der Waals surface area contributed by atoms with Crippen molar-refractivity contribution in [2.75, 3.05) is 11.9 Å². The lowest BCUT2D eigenvalue weighted by atomic mass is 9.87. The number of carbonyl (C=O) groups excluding carboxylic acids is 3. The van der Waals surface area contributed by atoms with Crippen molar-refractivity contribution in [2.24, 2.45) is 0 Å². The molecule has 6 heteroatoms. The number of Topliss-reactive ketones (excluding diaryl/α,β-unsaturated/α-hetero) is 1. The molecule has 1 heterocycles. The SMILES string of the molecule is CCOC(=O)c1c(NC(=O)C=Cc2ccc(C(C)(C)C)cc2)sc(C(C)=O)c1C. The van der Waals surface area contributed by atoms with Gasteiger partial charge in [0.2, 0.25) is 5.91 Å². The number of nitrogens with one attached hydrogen (secondary N) is 1. The number of hydrogen-bond acceptors (Lipinski definition) is 5. The molecule has 0 atom stereocenters. The minimum Gasteiger partial charge on any atom is -0.462 e. The van der Waals surface area contributed by atoms with Gasteiger partial charge < -0.3 is 10.1 Å². The first-order chi connectivity index (χ1) is 13.5. The van der Waals surface area contributed by atoms with Crippen LogP contribution in [0.15, 0.2) is 30.3 Å². The van der Waals surface area contributed by atoms with Crippen molar-refractivity contribution in [2.45, 2.75) is 47.0 Å². The average Bonchev–Trinajstić information content (AvgIpc) is 2.96. The van der Waals surface area contributed by atoms with Gasteiger partial charge in [-0.3, -0.25) is 9.59 Å². The Kier molecular flexibility index (Phi) is 7.14. The third-order valence-corrected chi connectivity index (χ3v) is 5.69. The lowest BCUT2D eigenvalue weighted by Gasteiger charge is -2.18. The summed E-state index contributed by atoms with van der Waals surface area (Å²) in [6, 6.07) is 7.99. The molecule has 0 bridgehead atoms. The van der Waals surface area contributed by atoms with Crippen molar-refractivity contribution in [3.63, 3.8) is 0 Å². The van der Waals surface area contributed by atoms with Crippen LogP contribution in [0.2, 0.25) is 0 Å². The van der Waals surface area contributed by atoms with Crippen LogP contribution in [-0.2, 0) is 14.9 Å². The lowest BCUT2D eigenvalue weighted by Crippen LogP contribution is -2.12. The van der Waals surface area contributed by atoms with Crippen LogP contribution in [0.4, 0.5) is 5.00 Å². The fraction of sp³-hybridized carbons (Fsp3) is 0.348. The second-order valence-electron chi connectivity index (χ2n) is 7.73. The van der Waals surface area contributed by atoms with Gasteiger partial charge in [-0.1, -0.05) is 45.0 Å². The van der Waals surface area contributed by atoms with E-state index in [2.05, 4.69) is 26.1 Å². The summed E-state index contributed by atoms with van der Waals surface area (Å²) in [7, 11) is 0. The van der Waals surface area contributed by atoms with Gasteiger partial charge in [0.1, 0.15) is 5.00 Å². The third-order valence-electron chi connectivity index (χ3n) is 4.39. The van der Waals surface area contributed by atoms with Gasteiger partial charge in [-0.15, -0.1) is 11.3 Å². The molecule has 154 valence electrons. The summed E-state index contributed by atoms with van der Waals surface area (Å²) in [5.41, 5.74) is 2.93. The minimum atomic E-state index is -0.550. The molecule has 0 radical (unpaired) electrons. The summed E-state index contributed by atoms with van der Waals surface area (Å²) < 4.78 is 5.08. The fourth-order valence-electron chi connectivity index (χ4n) is 2.81. The molecule has 1 N–H and O–H groups in total. The Morgan fingerprint density at radius 1 is 1.14 bits per heavy atom. The highest BCUT2D eigenvalue weighted by atomic mass is 32.1. The molecular formula is C23H27NO4S. The van der Waals surface area contributed by atoms with Crippen LogP contribution < -0.4 is 5.32 Å². The zero-order valence-corrected chi connectivity index (χ0v) is 18.5. The van der Waals surface area contributed by atoms with Crippen LogP contribution in [0.25, 0.3) is 6.08 Å². The van der Waals surface area contributed by atoms with Gasteiger partial charge in [0.05, 0.1) is 17.0 Å². The second-order valence-corrected chi connectivity index (χ2v) is 8.75. The molecule has 0 saturated heterocycles. The monoisotopic (exact) mass is 413 g/mol. The van der Waals surface area contributed by atoms with Gasteiger partial charge >= 0.3 is 5.97 Å². The first kappa shape index (κ1) is 22.6. The van der Waals surface area contributed by atoms with Gasteiger partial charge in [0.25, 0.3) is 0 Å². The van der Waals surface area contributed by atoms with Crippen LogP contribution in [0.5, 0.6) is 0 Å². The quantitative estimate of drug-likeness (QED) is 0.392. The number of anilines is 1. The average molecular weight is 414 g/mol. The third kappa shape index (κ3) is 5.64. The van der Waals surface area contributed by atoms with E-state index in [0.29, 0.717) is 15.4 Å². The Morgan fingerprint density at radius 2 is 1.76 bits per heavy atom. The van der Waals surface area contributed by atoms with Crippen molar-refractivity contribution in [3.8, 4) is 0 Å². The maximum atomic E-state index is 12.4. The summed E-state index contributed by atoms with van der Waals surface area (Å²) in [6.45, 7) is 11.5. The van der Waals surface area contributed by atoms with Crippen LogP contribution in [-0.4, -0.2) is 24.3 Å². The molecule has 29 heavy (non-hydrogen) atoms. The van der Waals surface area contributed by atoms with Gasteiger partial charge in [0.15, 0.2) is 5.78 Å². The van der Waals surface area contributed by atoms with E-state index in [1.807, 2.05) is 24.3 Å². The minimum absolute atomic E-state index is 0.0641. The van der Waals surface area contributed by atoms with E-state index < -0.39 is 5.97 Å². The molecule has 1 amide bonds. The molecule has 1 aromatic carbocycles. The number of rotatable bonds is 6. The molecule has 0 aliphatic rings. The van der Waals surface area contributed by atoms with Crippen LogP contribution in [0.3, 0.4) is 0 Å². The highest BCUT2D eigenvalue weighted by Gasteiger charge is 2.24. The van der Waals surface area contributed by atoms with Crippen LogP contribution >= 0.6 is 11.3 Å². The molecule has 0 saturated carbocycles. The number of hydrogen-bond donors (Lipinski definition) is 1. The number of ether oxygens (including phenoxy) is 1. The standard InChI is InChI=1S/C23H27NO4S/c1-7-28-22(27)19-14(2)20(15(3)25)29-21(19)24-18(26)13-10-16-8-11-17(12-9-16)23(4,5)6/h8-13H,7H2,1-6H3,(H,24,26). The predicted octanol–water partition coefficient (Wildman–Crippen LogP) is 5.39. The molecule has 0 aliphatic heterocycles. The Balaban J connectivity index is 2.21. The highest BCUT2D eigenvalue weighted by Crippen LogP contribution is 2.34. The fourth-order valence-corrected chi connectivity index (χ4v) is 3.90. The van der Waals surface area contributed by atoms with Gasteiger partial charge in [-0.05, 0) is 49.0 Å². The van der Waals surface area contributed by atoms with Gasteiger partial charge in [-0.2, -0.15) is 0 Å². The number of carbonyl (C=O) groups is 3. The molecule has 0 aliphatic carbocycles. The van der Waals surface area contributed by atoms with E-state index in [1.54, 1.807) is 19.9 Å². The van der Waals surface area contributed by atoms with Crippen LogP contribution in [0, 0.1) is 6.92 Å². The van der Waals surface area contributed by atoms with Crippen LogP contribution in [0.1, 0.15) is 71.3 Å².